The van der Waals surface area contributed by atoms with E-state index < -0.39 is 9.84 Å². The van der Waals surface area contributed by atoms with E-state index >= 15 is 0 Å². The van der Waals surface area contributed by atoms with Gasteiger partial charge in [-0.15, -0.1) is 0 Å². The molecule has 2 aromatic rings. The Morgan fingerprint density at radius 3 is 2.41 bits per heavy atom. The predicted octanol–water partition coefficient (Wildman–Crippen LogP) is 0.242. The Balaban J connectivity index is 1.38. The summed E-state index contributed by atoms with van der Waals surface area (Å²) in [7, 11) is -2.92. The first-order valence-corrected chi connectivity index (χ1v) is 11.6. The van der Waals surface area contributed by atoms with E-state index in [1.165, 1.54) is 10.7 Å². The predicted molar refractivity (Wildman–Crippen MR) is 109 cm³/mol. The summed E-state index contributed by atoms with van der Waals surface area (Å²) < 4.78 is 24.6. The second-order valence-corrected chi connectivity index (χ2v) is 9.78. The molecule has 1 atom stereocenters. The number of nitrogens with zero attached hydrogens (tertiary/aromatic N) is 4. The third kappa shape index (κ3) is 4.56. The molecule has 0 radical (unpaired) electrons. The highest BCUT2D eigenvalue weighted by Gasteiger charge is 2.34. The van der Waals surface area contributed by atoms with E-state index in [9.17, 15) is 18.0 Å². The summed E-state index contributed by atoms with van der Waals surface area (Å²) in [5, 5.41) is 4.35. The van der Waals surface area contributed by atoms with Crippen LogP contribution in [0.4, 0.5) is 0 Å². The standard InChI is InChI=1S/C20H24N4O4S/c25-19-7-6-18(16-4-2-1-3-5-16)21-24(19)14-20(26)23-11-9-22(10-12-23)17-8-13-29(27,28)15-17/h1-7,17H,8-15H2. The summed E-state index contributed by atoms with van der Waals surface area (Å²) in [6.07, 6.45) is 0.669. The van der Waals surface area contributed by atoms with Crippen molar-refractivity contribution in [2.75, 3.05) is 37.7 Å². The summed E-state index contributed by atoms with van der Waals surface area (Å²) in [5.41, 5.74) is 1.21. The number of rotatable bonds is 4. The van der Waals surface area contributed by atoms with Gasteiger partial charge >= 0.3 is 0 Å². The molecule has 8 nitrogen and oxygen atoms in total. The first-order chi connectivity index (χ1) is 13.9. The zero-order chi connectivity index (χ0) is 20.4. The van der Waals surface area contributed by atoms with Gasteiger partial charge in [0.2, 0.25) is 5.91 Å². The van der Waals surface area contributed by atoms with E-state index in [0.29, 0.717) is 38.3 Å². The Morgan fingerprint density at radius 2 is 1.76 bits per heavy atom. The highest BCUT2D eigenvalue weighted by molar-refractivity contribution is 7.91. The van der Waals surface area contributed by atoms with Gasteiger partial charge in [0, 0.05) is 43.9 Å². The van der Waals surface area contributed by atoms with E-state index in [2.05, 4.69) is 10.00 Å². The van der Waals surface area contributed by atoms with Crippen molar-refractivity contribution in [1.82, 2.24) is 19.6 Å². The fourth-order valence-electron chi connectivity index (χ4n) is 3.95. The monoisotopic (exact) mass is 416 g/mol. The fourth-order valence-corrected chi connectivity index (χ4v) is 5.71. The van der Waals surface area contributed by atoms with Crippen LogP contribution in [0.5, 0.6) is 0 Å². The molecule has 0 spiro atoms. The summed E-state index contributed by atoms with van der Waals surface area (Å²) in [5.74, 6) is 0.318. The van der Waals surface area contributed by atoms with Gasteiger partial charge in [0.1, 0.15) is 6.54 Å². The van der Waals surface area contributed by atoms with Crippen LogP contribution in [0.3, 0.4) is 0 Å². The van der Waals surface area contributed by atoms with Crippen molar-refractivity contribution in [3.8, 4) is 11.3 Å². The number of aromatic nitrogens is 2. The van der Waals surface area contributed by atoms with Gasteiger partial charge in [-0.25, -0.2) is 13.1 Å². The van der Waals surface area contributed by atoms with Crippen LogP contribution in [-0.4, -0.2) is 77.6 Å². The van der Waals surface area contributed by atoms with Crippen molar-refractivity contribution < 1.29 is 13.2 Å². The zero-order valence-electron chi connectivity index (χ0n) is 16.1. The van der Waals surface area contributed by atoms with Gasteiger partial charge in [0.25, 0.3) is 5.56 Å². The van der Waals surface area contributed by atoms with Crippen LogP contribution < -0.4 is 5.56 Å². The fraction of sp³-hybridized carbons (Fsp3) is 0.450. The molecule has 0 aliphatic carbocycles. The number of piperazine rings is 1. The van der Waals surface area contributed by atoms with E-state index in [1.54, 1.807) is 11.0 Å². The minimum atomic E-state index is -2.92. The molecule has 1 aromatic heterocycles. The van der Waals surface area contributed by atoms with Gasteiger partial charge in [-0.3, -0.25) is 14.5 Å². The van der Waals surface area contributed by atoms with E-state index in [1.807, 2.05) is 30.3 Å². The van der Waals surface area contributed by atoms with Crippen LogP contribution >= 0.6 is 0 Å². The summed E-state index contributed by atoms with van der Waals surface area (Å²) in [6, 6.07) is 12.7. The van der Waals surface area contributed by atoms with Crippen LogP contribution in [0.1, 0.15) is 6.42 Å². The molecule has 0 saturated carbocycles. The number of hydrogen-bond donors (Lipinski definition) is 0. The van der Waals surface area contributed by atoms with Crippen molar-refractivity contribution in [3.05, 3.63) is 52.8 Å². The Bertz CT molecular complexity index is 1040. The lowest BCUT2D eigenvalue weighted by Gasteiger charge is -2.37. The van der Waals surface area contributed by atoms with E-state index in [-0.39, 0.29) is 35.6 Å². The Kier molecular flexibility index (Phi) is 5.51. The van der Waals surface area contributed by atoms with Crippen molar-refractivity contribution in [2.45, 2.75) is 19.0 Å². The maximum absolute atomic E-state index is 12.7. The average Bonchev–Trinajstić information content (AvgIpc) is 3.10. The smallest absolute Gasteiger partial charge is 0.267 e. The molecule has 1 aromatic carbocycles. The van der Waals surface area contributed by atoms with Gasteiger partial charge in [-0.05, 0) is 12.5 Å². The quantitative estimate of drug-likeness (QED) is 0.709. The van der Waals surface area contributed by atoms with Gasteiger partial charge in [0.15, 0.2) is 9.84 Å². The van der Waals surface area contributed by atoms with Crippen molar-refractivity contribution in [1.29, 1.82) is 0 Å². The summed E-state index contributed by atoms with van der Waals surface area (Å²) >= 11 is 0. The third-order valence-corrected chi connectivity index (χ3v) is 7.36. The maximum atomic E-state index is 12.7. The number of carbonyl (C=O) groups is 1. The average molecular weight is 417 g/mol. The second kappa shape index (κ2) is 8.08. The number of benzene rings is 1. The lowest BCUT2D eigenvalue weighted by atomic mass is 10.1. The summed E-state index contributed by atoms with van der Waals surface area (Å²) in [4.78, 5) is 28.8. The molecule has 2 saturated heterocycles. The molecule has 2 aliphatic rings. The van der Waals surface area contributed by atoms with Crippen LogP contribution in [-0.2, 0) is 21.2 Å². The Hall–Kier alpha value is -2.52. The van der Waals surface area contributed by atoms with Crippen LogP contribution in [0.25, 0.3) is 11.3 Å². The van der Waals surface area contributed by atoms with Crippen molar-refractivity contribution >= 4 is 15.7 Å². The summed E-state index contributed by atoms with van der Waals surface area (Å²) in [6.45, 7) is 2.26. The minimum absolute atomic E-state index is 0.0593. The van der Waals surface area contributed by atoms with Crippen LogP contribution in [0, 0.1) is 0 Å². The molecule has 29 heavy (non-hydrogen) atoms. The molecule has 2 fully saturated rings. The van der Waals surface area contributed by atoms with Crippen molar-refractivity contribution in [2.24, 2.45) is 0 Å². The topological polar surface area (TPSA) is 92.6 Å². The van der Waals surface area contributed by atoms with E-state index in [0.717, 1.165) is 5.56 Å². The lowest BCUT2D eigenvalue weighted by Crippen LogP contribution is -2.53. The first-order valence-electron chi connectivity index (χ1n) is 9.77. The van der Waals surface area contributed by atoms with Crippen molar-refractivity contribution in [3.63, 3.8) is 0 Å². The van der Waals surface area contributed by atoms with Gasteiger partial charge < -0.3 is 4.90 Å². The zero-order valence-corrected chi connectivity index (χ0v) is 16.9. The normalized spacial score (nSPS) is 21.9. The minimum Gasteiger partial charge on any atom is -0.339 e. The third-order valence-electron chi connectivity index (χ3n) is 5.61. The molecular formula is C20H24N4O4S. The largest absolute Gasteiger partial charge is 0.339 e. The Morgan fingerprint density at radius 1 is 1.03 bits per heavy atom. The van der Waals surface area contributed by atoms with Gasteiger partial charge in [0.05, 0.1) is 17.2 Å². The number of carbonyl (C=O) groups excluding carboxylic acids is 1. The number of hydrogen-bond acceptors (Lipinski definition) is 6. The second-order valence-electron chi connectivity index (χ2n) is 7.55. The molecule has 9 heteroatoms. The Labute approximate surface area is 169 Å². The van der Waals surface area contributed by atoms with E-state index in [4.69, 9.17) is 0 Å². The molecule has 3 heterocycles. The lowest BCUT2D eigenvalue weighted by molar-refractivity contribution is -0.134. The number of sulfone groups is 1. The maximum Gasteiger partial charge on any atom is 0.267 e. The molecule has 4 rings (SSSR count). The number of amides is 1. The first kappa shape index (κ1) is 19.8. The molecule has 2 aliphatic heterocycles. The molecule has 0 N–H and O–H groups in total. The molecule has 0 bridgehead atoms. The van der Waals surface area contributed by atoms with Gasteiger partial charge in [-0.2, -0.15) is 5.10 Å². The molecule has 1 unspecified atom stereocenters. The van der Waals surface area contributed by atoms with Crippen LogP contribution in [0.2, 0.25) is 0 Å². The molecule has 1 amide bonds. The van der Waals surface area contributed by atoms with Gasteiger partial charge in [-0.1, -0.05) is 30.3 Å². The SMILES string of the molecule is O=C(Cn1nc(-c2ccccc2)ccc1=O)N1CCN(C2CCS(=O)(=O)C2)CC1. The van der Waals surface area contributed by atoms with Crippen LogP contribution in [0.15, 0.2) is 47.3 Å². The molecular weight excluding hydrogens is 392 g/mol. The highest BCUT2D eigenvalue weighted by atomic mass is 32.2. The molecule has 154 valence electrons. The highest BCUT2D eigenvalue weighted by Crippen LogP contribution is 2.19.